The number of carbonyl (C=O) groups excluding carboxylic acids is 3. The molecule has 1 aliphatic heterocycles. The molecule has 0 aliphatic carbocycles. The Hall–Kier alpha value is -4.16. The molecule has 2 heterocycles. The molecule has 0 bridgehead atoms. The average Bonchev–Trinajstić information content (AvgIpc) is 3.44. The van der Waals surface area contributed by atoms with Crippen molar-refractivity contribution in [2.75, 3.05) is 25.7 Å². The average molecular weight is 615 g/mol. The van der Waals surface area contributed by atoms with Gasteiger partial charge in [-0.1, -0.05) is 36.1 Å². The largest absolute Gasteiger partial charge is 0.507 e. The van der Waals surface area contributed by atoms with E-state index in [1.165, 1.54) is 38.5 Å². The molecule has 202 valence electrons. The summed E-state index contributed by atoms with van der Waals surface area (Å²) in [6.45, 7) is 5.08. The van der Waals surface area contributed by atoms with Crippen molar-refractivity contribution in [3.05, 3.63) is 80.8 Å². The first-order chi connectivity index (χ1) is 18.6. The zero-order valence-electron chi connectivity index (χ0n) is 21.1. The Morgan fingerprint density at radius 3 is 2.64 bits per heavy atom. The maximum atomic E-state index is 13.5. The number of nitrogens with zero attached hydrogens (tertiary/aromatic N) is 2. The van der Waals surface area contributed by atoms with Crippen LogP contribution in [-0.4, -0.2) is 53.7 Å². The van der Waals surface area contributed by atoms with Gasteiger partial charge in [0.15, 0.2) is 16.6 Å². The molecule has 1 saturated heterocycles. The number of phenols is 1. The molecule has 0 saturated carbocycles. The molecule has 1 unspecified atom stereocenters. The fourth-order valence-electron chi connectivity index (χ4n) is 4.05. The van der Waals surface area contributed by atoms with Crippen LogP contribution in [0.2, 0.25) is 0 Å². The van der Waals surface area contributed by atoms with Crippen LogP contribution in [0.4, 0.5) is 5.13 Å². The van der Waals surface area contributed by atoms with Gasteiger partial charge in [0.2, 0.25) is 0 Å². The molecule has 1 atom stereocenters. The number of carbonyl (C=O) groups is 3. The maximum absolute atomic E-state index is 13.5. The molecule has 0 spiro atoms. The number of benzene rings is 2. The molecule has 12 heteroatoms. The highest BCUT2D eigenvalue weighted by molar-refractivity contribution is 9.10. The summed E-state index contributed by atoms with van der Waals surface area (Å²) in [5.41, 5.74) is 0.633. The lowest BCUT2D eigenvalue weighted by Gasteiger charge is -2.24. The number of aliphatic hydroxyl groups excluding tert-OH is 1. The van der Waals surface area contributed by atoms with Crippen molar-refractivity contribution in [1.82, 2.24) is 4.98 Å². The van der Waals surface area contributed by atoms with Crippen molar-refractivity contribution < 1.29 is 38.8 Å². The van der Waals surface area contributed by atoms with E-state index in [9.17, 15) is 24.6 Å². The van der Waals surface area contributed by atoms with Gasteiger partial charge in [-0.3, -0.25) is 14.5 Å². The van der Waals surface area contributed by atoms with Crippen LogP contribution in [0.15, 0.2) is 59.1 Å². The lowest BCUT2D eigenvalue weighted by molar-refractivity contribution is -0.132. The number of phenolic OH excluding ortho intramolecular Hbond substituents is 1. The Morgan fingerprint density at radius 2 is 1.97 bits per heavy atom. The van der Waals surface area contributed by atoms with Crippen molar-refractivity contribution >= 4 is 55.8 Å². The van der Waals surface area contributed by atoms with Crippen LogP contribution >= 0.6 is 27.3 Å². The lowest BCUT2D eigenvalue weighted by Crippen LogP contribution is -2.29. The number of ether oxygens (including phenoxy) is 3. The second kappa shape index (κ2) is 11.3. The minimum Gasteiger partial charge on any atom is -0.507 e. The Morgan fingerprint density at radius 1 is 1.23 bits per heavy atom. The third-order valence-corrected chi connectivity index (χ3v) is 7.62. The molecule has 2 aromatic carbocycles. The maximum Gasteiger partial charge on any atom is 0.350 e. The van der Waals surface area contributed by atoms with Crippen molar-refractivity contribution in [2.24, 2.45) is 0 Å². The summed E-state index contributed by atoms with van der Waals surface area (Å²) in [4.78, 5) is 45.1. The number of methoxy groups -OCH3 is 2. The number of Topliss-reactive ketones (excluding diaryl/α,β-unsaturated/α-hetero) is 1. The first kappa shape index (κ1) is 27.9. The summed E-state index contributed by atoms with van der Waals surface area (Å²) in [6, 6.07) is 8.14. The van der Waals surface area contributed by atoms with E-state index >= 15 is 0 Å². The summed E-state index contributed by atoms with van der Waals surface area (Å²) < 4.78 is 15.9. The molecule has 3 aromatic rings. The zero-order valence-corrected chi connectivity index (χ0v) is 23.5. The number of aromatic hydroxyl groups is 1. The number of aliphatic hydroxyl groups is 1. The van der Waals surface area contributed by atoms with Crippen molar-refractivity contribution in [2.45, 2.75) is 13.0 Å². The third-order valence-electron chi connectivity index (χ3n) is 5.88. The first-order valence-corrected chi connectivity index (χ1v) is 13.0. The smallest absolute Gasteiger partial charge is 0.350 e. The molecule has 4 rings (SSSR count). The molecule has 1 amide bonds. The number of anilines is 1. The molecule has 2 N–H and O–H groups in total. The predicted octanol–water partition coefficient (Wildman–Crippen LogP) is 4.91. The number of rotatable bonds is 8. The van der Waals surface area contributed by atoms with Crippen LogP contribution in [0, 0.1) is 6.92 Å². The highest BCUT2D eigenvalue weighted by Gasteiger charge is 2.49. The molecule has 1 fully saturated rings. The van der Waals surface area contributed by atoms with Gasteiger partial charge in [0.1, 0.15) is 23.0 Å². The molecular formula is C27H23BrN2O8S. The van der Waals surface area contributed by atoms with E-state index in [1.54, 1.807) is 25.1 Å². The minimum absolute atomic E-state index is 0.0160. The van der Waals surface area contributed by atoms with Gasteiger partial charge in [0.25, 0.3) is 5.78 Å². The second-order valence-corrected chi connectivity index (χ2v) is 10.1. The third kappa shape index (κ3) is 5.12. The fraction of sp³-hybridized carbons (Fsp3) is 0.185. The molecular weight excluding hydrogens is 592 g/mol. The quantitative estimate of drug-likeness (QED) is 0.119. The Balaban J connectivity index is 1.96. The summed E-state index contributed by atoms with van der Waals surface area (Å²) in [7, 11) is 2.81. The summed E-state index contributed by atoms with van der Waals surface area (Å²) in [6.07, 6.45) is 1.42. The molecule has 39 heavy (non-hydrogen) atoms. The van der Waals surface area contributed by atoms with Crippen LogP contribution in [0.3, 0.4) is 0 Å². The molecule has 1 aliphatic rings. The number of hydrogen-bond acceptors (Lipinski definition) is 10. The second-order valence-electron chi connectivity index (χ2n) is 8.25. The Bertz CT molecular complexity index is 1530. The van der Waals surface area contributed by atoms with E-state index in [0.29, 0.717) is 17.0 Å². The number of hydrogen-bond donors (Lipinski definition) is 2. The summed E-state index contributed by atoms with van der Waals surface area (Å²) in [5.74, 6) is -2.73. The van der Waals surface area contributed by atoms with Gasteiger partial charge in [-0.2, -0.15) is 0 Å². The standard InChI is InChI=1S/C27H23BrN2O8S/c1-5-9-38-26(35)24-13(2)29-27(39-24)30-20(15-11-17(28)22(32)18(12-15)37-4)19(23(33)25(30)34)21(31)14-7-6-8-16(10-14)36-3/h5-8,10-12,20,31-32H,1,9H2,2-4H3/b21-19+. The van der Waals surface area contributed by atoms with Crippen molar-refractivity contribution in [3.8, 4) is 17.2 Å². The Labute approximate surface area is 235 Å². The van der Waals surface area contributed by atoms with Crippen LogP contribution in [0.25, 0.3) is 5.76 Å². The molecule has 0 radical (unpaired) electrons. The summed E-state index contributed by atoms with van der Waals surface area (Å²) in [5, 5.41) is 21.8. The number of ketones is 1. The fourth-order valence-corrected chi connectivity index (χ4v) is 5.50. The zero-order chi connectivity index (χ0) is 28.4. The molecule has 1 aromatic heterocycles. The van der Waals surface area contributed by atoms with E-state index in [1.807, 2.05) is 0 Å². The molecule has 10 nitrogen and oxygen atoms in total. The number of halogens is 1. The lowest BCUT2D eigenvalue weighted by atomic mass is 9.95. The van der Waals surface area contributed by atoms with E-state index in [-0.39, 0.29) is 43.7 Å². The van der Waals surface area contributed by atoms with E-state index in [2.05, 4.69) is 27.5 Å². The van der Waals surface area contributed by atoms with Gasteiger partial charge in [0, 0.05) is 5.56 Å². The van der Waals surface area contributed by atoms with Gasteiger partial charge in [-0.15, -0.1) is 0 Å². The summed E-state index contributed by atoms with van der Waals surface area (Å²) >= 11 is 4.14. The highest BCUT2D eigenvalue weighted by atomic mass is 79.9. The van der Waals surface area contributed by atoms with Crippen molar-refractivity contribution in [3.63, 3.8) is 0 Å². The van der Waals surface area contributed by atoms with Crippen molar-refractivity contribution in [1.29, 1.82) is 0 Å². The predicted molar refractivity (Wildman–Crippen MR) is 147 cm³/mol. The van der Waals surface area contributed by atoms with Crippen LogP contribution in [0.1, 0.15) is 32.5 Å². The number of aromatic nitrogens is 1. The normalized spacial score (nSPS) is 16.3. The number of thiazole rings is 1. The van der Waals surface area contributed by atoms with Crippen LogP contribution in [0.5, 0.6) is 17.2 Å². The van der Waals surface area contributed by atoms with E-state index in [4.69, 9.17) is 14.2 Å². The number of amides is 1. The van der Waals surface area contributed by atoms with Crippen LogP contribution < -0.4 is 14.4 Å². The Kier molecular flexibility index (Phi) is 8.07. The van der Waals surface area contributed by atoms with Gasteiger partial charge >= 0.3 is 11.9 Å². The van der Waals surface area contributed by atoms with E-state index < -0.39 is 29.5 Å². The van der Waals surface area contributed by atoms with Gasteiger partial charge < -0.3 is 24.4 Å². The first-order valence-electron chi connectivity index (χ1n) is 11.4. The topological polar surface area (TPSA) is 135 Å². The van der Waals surface area contributed by atoms with Crippen LogP contribution in [-0.2, 0) is 14.3 Å². The van der Waals surface area contributed by atoms with E-state index in [0.717, 1.165) is 16.2 Å². The number of esters is 1. The highest BCUT2D eigenvalue weighted by Crippen LogP contribution is 2.47. The minimum atomic E-state index is -1.19. The SMILES string of the molecule is C=CCOC(=O)c1sc(N2C(=O)C(=O)/C(=C(/O)c3cccc(OC)c3)C2c2cc(Br)c(O)c(OC)c2)nc1C. The number of aryl methyl sites for hydroxylation is 1. The monoisotopic (exact) mass is 614 g/mol. The van der Waals surface area contributed by atoms with Gasteiger partial charge in [-0.05, 0) is 52.7 Å². The van der Waals surface area contributed by atoms with Gasteiger partial charge in [-0.25, -0.2) is 9.78 Å². The van der Waals surface area contributed by atoms with Gasteiger partial charge in [0.05, 0.1) is 36.0 Å².